The molecule has 0 bridgehead atoms. The zero-order valence-electron chi connectivity index (χ0n) is 12.5. The van der Waals surface area contributed by atoms with Crippen LogP contribution in [0.15, 0.2) is 36.4 Å². The van der Waals surface area contributed by atoms with Crippen molar-refractivity contribution in [1.29, 1.82) is 0 Å². The van der Waals surface area contributed by atoms with Crippen LogP contribution < -0.4 is 15.4 Å². The number of pyridine rings is 1. The quantitative estimate of drug-likeness (QED) is 0.866. The molecule has 5 nitrogen and oxygen atoms in total. The van der Waals surface area contributed by atoms with Gasteiger partial charge in [-0.15, -0.1) is 0 Å². The molecule has 120 valence electrons. The molecule has 0 fully saturated rings. The Hall–Kier alpha value is -1.92. The van der Waals surface area contributed by atoms with Crippen molar-refractivity contribution in [3.05, 3.63) is 47.0 Å². The molecular weight excluding hydrogens is 334 g/mol. The van der Waals surface area contributed by atoms with Gasteiger partial charge < -0.3 is 15.4 Å². The molecule has 23 heavy (non-hydrogen) atoms. The van der Waals surface area contributed by atoms with Crippen molar-refractivity contribution < 1.29 is 9.53 Å². The fraction of sp³-hybridized carbons (Fsp3) is 0.250. The van der Waals surface area contributed by atoms with Gasteiger partial charge in [-0.3, -0.25) is 4.79 Å². The van der Waals surface area contributed by atoms with Crippen LogP contribution in [0.25, 0.3) is 0 Å². The summed E-state index contributed by atoms with van der Waals surface area (Å²) in [5.41, 5.74) is 1.73. The van der Waals surface area contributed by atoms with Gasteiger partial charge in [0.2, 0.25) is 11.8 Å². The van der Waals surface area contributed by atoms with Gasteiger partial charge >= 0.3 is 0 Å². The number of hydrogen-bond acceptors (Lipinski definition) is 5. The fourth-order valence-corrected chi connectivity index (χ4v) is 3.58. The monoisotopic (exact) mass is 349 g/mol. The van der Waals surface area contributed by atoms with Crippen LogP contribution in [-0.2, 0) is 10.5 Å². The van der Waals surface area contributed by atoms with Crippen LogP contribution in [0.4, 0.5) is 11.5 Å². The Labute approximate surface area is 143 Å². The summed E-state index contributed by atoms with van der Waals surface area (Å²) in [6.45, 7) is 0. The van der Waals surface area contributed by atoms with E-state index in [-0.39, 0.29) is 11.9 Å². The van der Waals surface area contributed by atoms with E-state index in [1.165, 1.54) is 0 Å². The van der Waals surface area contributed by atoms with Crippen molar-refractivity contribution in [2.24, 2.45) is 0 Å². The maximum Gasteiger partial charge on any atom is 0.247 e. The summed E-state index contributed by atoms with van der Waals surface area (Å²) in [5, 5.41) is 6.78. The number of hydrogen-bond donors (Lipinski definition) is 2. The lowest BCUT2D eigenvalue weighted by Gasteiger charge is -2.25. The smallest absolute Gasteiger partial charge is 0.247 e. The van der Waals surface area contributed by atoms with Gasteiger partial charge in [-0.05, 0) is 17.7 Å². The van der Waals surface area contributed by atoms with Gasteiger partial charge in [0.15, 0.2) is 5.82 Å². The molecule has 0 aliphatic carbocycles. The van der Waals surface area contributed by atoms with Crippen LogP contribution in [0.2, 0.25) is 5.02 Å². The van der Waals surface area contributed by atoms with E-state index in [1.807, 2.05) is 24.3 Å². The molecule has 7 heteroatoms. The molecule has 1 amide bonds. The molecule has 0 saturated carbocycles. The van der Waals surface area contributed by atoms with Crippen molar-refractivity contribution in [3.8, 4) is 5.88 Å². The zero-order valence-corrected chi connectivity index (χ0v) is 14.1. The average Bonchev–Trinajstić information content (AvgIpc) is 2.56. The van der Waals surface area contributed by atoms with Crippen LogP contribution in [0, 0.1) is 0 Å². The molecule has 2 N–H and O–H groups in total. The van der Waals surface area contributed by atoms with Crippen molar-refractivity contribution in [2.45, 2.75) is 11.8 Å². The molecule has 1 aliphatic rings. The van der Waals surface area contributed by atoms with Gasteiger partial charge in [0.25, 0.3) is 0 Å². The Morgan fingerprint density at radius 2 is 2.13 bits per heavy atom. The average molecular weight is 350 g/mol. The number of carbonyl (C=O) groups excluding carboxylic acids is 1. The van der Waals surface area contributed by atoms with Gasteiger partial charge in [0.1, 0.15) is 6.04 Å². The normalized spacial score (nSPS) is 16.3. The first kappa shape index (κ1) is 16.0. The summed E-state index contributed by atoms with van der Waals surface area (Å²) in [5.74, 6) is 2.46. The molecule has 0 saturated heterocycles. The van der Waals surface area contributed by atoms with Gasteiger partial charge in [0, 0.05) is 22.6 Å². The number of benzene rings is 1. The van der Waals surface area contributed by atoms with Crippen molar-refractivity contribution in [1.82, 2.24) is 4.98 Å². The van der Waals surface area contributed by atoms with Gasteiger partial charge in [-0.1, -0.05) is 29.8 Å². The maximum atomic E-state index is 12.1. The number of amides is 1. The Bertz CT molecular complexity index is 726. The van der Waals surface area contributed by atoms with Crippen molar-refractivity contribution in [2.75, 3.05) is 23.5 Å². The van der Waals surface area contributed by atoms with E-state index >= 15 is 0 Å². The first-order valence-corrected chi connectivity index (χ1v) is 8.64. The molecule has 3 rings (SSSR count). The van der Waals surface area contributed by atoms with Gasteiger partial charge in [0.05, 0.1) is 12.8 Å². The molecule has 1 unspecified atom stereocenters. The fourth-order valence-electron chi connectivity index (χ4n) is 2.24. The van der Waals surface area contributed by atoms with E-state index in [0.717, 1.165) is 16.3 Å². The highest BCUT2D eigenvalue weighted by atomic mass is 35.5. The van der Waals surface area contributed by atoms with Crippen LogP contribution in [-0.4, -0.2) is 29.8 Å². The van der Waals surface area contributed by atoms with Crippen LogP contribution in [0.5, 0.6) is 5.88 Å². The first-order valence-electron chi connectivity index (χ1n) is 7.11. The molecule has 2 heterocycles. The number of rotatable bonds is 5. The van der Waals surface area contributed by atoms with E-state index in [9.17, 15) is 4.79 Å². The minimum Gasteiger partial charge on any atom is -0.481 e. The Kier molecular flexibility index (Phi) is 4.93. The topological polar surface area (TPSA) is 63.2 Å². The van der Waals surface area contributed by atoms with Gasteiger partial charge in [-0.2, -0.15) is 16.7 Å². The second-order valence-corrected chi connectivity index (χ2v) is 6.48. The lowest BCUT2D eigenvalue weighted by Crippen LogP contribution is -2.41. The lowest BCUT2D eigenvalue weighted by molar-refractivity contribution is -0.116. The van der Waals surface area contributed by atoms with E-state index in [0.29, 0.717) is 23.1 Å². The number of fused-ring (bicyclic) bond motifs is 1. The number of ether oxygens (including phenoxy) is 1. The maximum absolute atomic E-state index is 12.1. The van der Waals surface area contributed by atoms with Crippen molar-refractivity contribution >= 4 is 40.8 Å². The molecule has 1 atom stereocenters. The minimum absolute atomic E-state index is 0.0591. The van der Waals surface area contributed by atoms with Gasteiger partial charge in [-0.25, -0.2) is 0 Å². The zero-order chi connectivity index (χ0) is 16.2. The second-order valence-electron chi connectivity index (χ2n) is 5.04. The summed E-state index contributed by atoms with van der Waals surface area (Å²) in [7, 11) is 1.56. The highest BCUT2D eigenvalue weighted by molar-refractivity contribution is 7.98. The molecule has 2 aromatic rings. The van der Waals surface area contributed by atoms with Crippen molar-refractivity contribution in [3.63, 3.8) is 0 Å². The highest BCUT2D eigenvalue weighted by Crippen LogP contribution is 2.29. The minimum atomic E-state index is -0.338. The highest BCUT2D eigenvalue weighted by Gasteiger charge is 2.26. The largest absolute Gasteiger partial charge is 0.481 e. The van der Waals surface area contributed by atoms with E-state index < -0.39 is 0 Å². The summed E-state index contributed by atoms with van der Waals surface area (Å²) in [6, 6.07) is 10.9. The number of aromatic nitrogens is 1. The summed E-state index contributed by atoms with van der Waals surface area (Å²) < 4.78 is 5.11. The molecule has 0 radical (unpaired) electrons. The Morgan fingerprint density at radius 3 is 2.91 bits per heavy atom. The number of anilines is 2. The summed E-state index contributed by atoms with van der Waals surface area (Å²) in [4.78, 5) is 16.5. The molecule has 0 spiro atoms. The second kappa shape index (κ2) is 7.10. The number of nitrogens with zero attached hydrogens (tertiary/aromatic N) is 1. The van der Waals surface area contributed by atoms with Crippen LogP contribution >= 0.6 is 23.4 Å². The third kappa shape index (κ3) is 3.71. The first-order chi connectivity index (χ1) is 11.2. The number of carbonyl (C=O) groups is 1. The molecule has 1 aromatic carbocycles. The number of halogens is 1. The number of methoxy groups -OCH3 is 1. The number of thioether (sulfide) groups is 1. The molecule has 1 aliphatic heterocycles. The van der Waals surface area contributed by atoms with E-state index in [4.69, 9.17) is 16.3 Å². The SMILES string of the molecule is COc1ccc2c(n1)NC(CSCc1ccccc1Cl)C(=O)N2. The summed E-state index contributed by atoms with van der Waals surface area (Å²) >= 11 is 7.79. The third-order valence-electron chi connectivity index (χ3n) is 3.46. The summed E-state index contributed by atoms with van der Waals surface area (Å²) in [6.07, 6.45) is 0. The van der Waals surface area contributed by atoms with E-state index in [1.54, 1.807) is 31.0 Å². The molecule has 1 aromatic heterocycles. The van der Waals surface area contributed by atoms with Crippen LogP contribution in [0.3, 0.4) is 0 Å². The predicted octanol–water partition coefficient (Wildman–Crippen LogP) is 3.41. The van der Waals surface area contributed by atoms with E-state index in [2.05, 4.69) is 15.6 Å². The predicted molar refractivity (Wildman–Crippen MR) is 94.4 cm³/mol. The number of nitrogens with one attached hydrogen (secondary N) is 2. The molecular formula is C16H16ClN3O2S. The standard InChI is InChI=1S/C16H16ClN3O2S/c1-22-14-7-6-12-15(20-14)18-13(16(21)19-12)9-23-8-10-4-2-3-5-11(10)17/h2-7,13H,8-9H2,1H3,(H,18,20)(H,19,21). The lowest BCUT2D eigenvalue weighted by atomic mass is 10.2. The Balaban J connectivity index is 1.62. The van der Waals surface area contributed by atoms with Crippen LogP contribution in [0.1, 0.15) is 5.56 Å². The Morgan fingerprint density at radius 1 is 1.30 bits per heavy atom. The third-order valence-corrected chi connectivity index (χ3v) is 4.92.